The van der Waals surface area contributed by atoms with Crippen molar-refractivity contribution in [1.29, 1.82) is 5.26 Å². The van der Waals surface area contributed by atoms with Crippen molar-refractivity contribution < 1.29 is 27.5 Å². The number of sulfone groups is 1. The van der Waals surface area contributed by atoms with E-state index in [2.05, 4.69) is 14.7 Å². The van der Waals surface area contributed by atoms with Crippen molar-refractivity contribution in [3.05, 3.63) is 65.2 Å². The molecule has 0 bridgehead atoms. The lowest BCUT2D eigenvalue weighted by atomic mass is 10.1. The van der Waals surface area contributed by atoms with Crippen molar-refractivity contribution in [3.63, 3.8) is 0 Å². The number of ether oxygens (including phenoxy) is 2. The van der Waals surface area contributed by atoms with Crippen molar-refractivity contribution in [2.45, 2.75) is 5.16 Å². The van der Waals surface area contributed by atoms with Crippen LogP contribution in [0.4, 0.5) is 5.13 Å². The number of hydrogen-bond donors (Lipinski definition) is 1. The smallest absolute Gasteiger partial charge is 0.343 e. The van der Waals surface area contributed by atoms with Gasteiger partial charge in [0.05, 0.1) is 12.7 Å². The van der Waals surface area contributed by atoms with Gasteiger partial charge in [0.15, 0.2) is 0 Å². The summed E-state index contributed by atoms with van der Waals surface area (Å²) in [4.78, 5) is 28.3. The summed E-state index contributed by atoms with van der Waals surface area (Å²) < 4.78 is 36.9. The number of hydrogen-bond acceptors (Lipinski definition) is 10. The molecule has 3 rings (SSSR count). The Kier molecular flexibility index (Phi) is 7.17. The molecule has 0 aliphatic rings. The second-order valence-electron chi connectivity index (χ2n) is 6.47. The number of benzene rings is 2. The summed E-state index contributed by atoms with van der Waals surface area (Å²) in [6, 6.07) is 14.4. The maximum atomic E-state index is 12.3. The average Bonchev–Trinajstić information content (AvgIpc) is 3.27. The SMILES string of the molecule is COc1cccc(C(=O)Oc2ccc(/C=C(/C#N)C(=O)Nc3nc(S(C)(=O)=O)ns3)cc2)c1. The molecule has 1 aromatic heterocycles. The van der Waals surface area contributed by atoms with Gasteiger partial charge >= 0.3 is 5.97 Å². The Morgan fingerprint density at radius 2 is 1.88 bits per heavy atom. The third-order valence-corrected chi connectivity index (χ3v) is 5.62. The van der Waals surface area contributed by atoms with Gasteiger partial charge in [0.25, 0.3) is 11.1 Å². The number of amides is 1. The zero-order valence-electron chi connectivity index (χ0n) is 17.3. The number of methoxy groups -OCH3 is 1. The van der Waals surface area contributed by atoms with E-state index in [0.29, 0.717) is 28.4 Å². The van der Waals surface area contributed by atoms with E-state index in [1.54, 1.807) is 42.5 Å². The molecule has 168 valence electrons. The minimum atomic E-state index is -3.61. The molecule has 0 atom stereocenters. The van der Waals surface area contributed by atoms with Crippen molar-refractivity contribution >= 4 is 44.5 Å². The van der Waals surface area contributed by atoms with Crippen LogP contribution in [0.15, 0.2) is 59.3 Å². The van der Waals surface area contributed by atoms with Crippen LogP contribution in [-0.4, -0.2) is 43.0 Å². The lowest BCUT2D eigenvalue weighted by molar-refractivity contribution is -0.112. The van der Waals surface area contributed by atoms with Gasteiger partial charge in [-0.15, -0.1) is 0 Å². The van der Waals surface area contributed by atoms with Crippen LogP contribution < -0.4 is 14.8 Å². The molecule has 33 heavy (non-hydrogen) atoms. The van der Waals surface area contributed by atoms with E-state index < -0.39 is 26.9 Å². The molecule has 0 unspecified atom stereocenters. The molecular weight excluding hydrogens is 468 g/mol. The number of nitrogens with one attached hydrogen (secondary N) is 1. The second-order valence-corrected chi connectivity index (χ2v) is 9.13. The van der Waals surface area contributed by atoms with Crippen molar-refractivity contribution in [3.8, 4) is 17.6 Å². The van der Waals surface area contributed by atoms with Crippen LogP contribution in [0.5, 0.6) is 11.5 Å². The molecule has 1 amide bonds. The summed E-state index contributed by atoms with van der Waals surface area (Å²) in [5, 5.41) is 11.2. The zero-order chi connectivity index (χ0) is 24.0. The molecular formula is C21H16N4O6S2. The first-order valence-electron chi connectivity index (χ1n) is 9.13. The minimum Gasteiger partial charge on any atom is -0.497 e. The molecule has 0 saturated heterocycles. The van der Waals surface area contributed by atoms with Gasteiger partial charge in [0.1, 0.15) is 23.1 Å². The Morgan fingerprint density at radius 3 is 2.48 bits per heavy atom. The highest BCUT2D eigenvalue weighted by Gasteiger charge is 2.17. The van der Waals surface area contributed by atoms with E-state index in [4.69, 9.17) is 9.47 Å². The third-order valence-electron chi connectivity index (χ3n) is 4.03. The number of carbonyl (C=O) groups is 2. The Labute approximate surface area is 193 Å². The van der Waals surface area contributed by atoms with E-state index >= 15 is 0 Å². The summed E-state index contributed by atoms with van der Waals surface area (Å²) in [7, 11) is -2.12. The number of carbonyl (C=O) groups excluding carboxylic acids is 2. The third kappa shape index (κ3) is 6.22. The molecule has 1 heterocycles. The van der Waals surface area contributed by atoms with Gasteiger partial charge in [0.2, 0.25) is 15.0 Å². The lowest BCUT2D eigenvalue weighted by Gasteiger charge is -2.06. The standard InChI is InChI=1S/C21H16N4O6S2/c1-30-17-5-3-4-14(11-17)19(27)31-16-8-6-13(7-9-16)10-15(12-22)18(26)23-20-24-21(25-32-20)33(2,28)29/h3-11H,1-2H3,(H,23,24,25,26)/b15-10-. The molecule has 0 aliphatic carbocycles. The molecule has 3 aromatic rings. The first-order chi connectivity index (χ1) is 15.7. The van der Waals surface area contributed by atoms with Gasteiger partial charge in [-0.25, -0.2) is 13.2 Å². The summed E-state index contributed by atoms with van der Waals surface area (Å²) in [5.41, 5.74) is 0.571. The van der Waals surface area contributed by atoms with Gasteiger partial charge < -0.3 is 9.47 Å². The van der Waals surface area contributed by atoms with E-state index in [1.165, 1.54) is 25.3 Å². The fourth-order valence-electron chi connectivity index (χ4n) is 2.44. The Hall–Kier alpha value is -4.08. The van der Waals surface area contributed by atoms with Crippen LogP contribution in [-0.2, 0) is 14.6 Å². The van der Waals surface area contributed by atoms with Crippen LogP contribution >= 0.6 is 11.5 Å². The minimum absolute atomic E-state index is 0.0543. The van der Waals surface area contributed by atoms with Crippen LogP contribution in [0.25, 0.3) is 6.08 Å². The molecule has 0 fully saturated rings. The van der Waals surface area contributed by atoms with Gasteiger partial charge in [-0.1, -0.05) is 18.2 Å². The molecule has 0 saturated carbocycles. The van der Waals surface area contributed by atoms with E-state index in [9.17, 15) is 23.3 Å². The lowest BCUT2D eigenvalue weighted by Crippen LogP contribution is -2.13. The number of anilines is 1. The number of nitrogens with zero attached hydrogens (tertiary/aromatic N) is 3. The van der Waals surface area contributed by atoms with E-state index in [0.717, 1.165) is 6.26 Å². The molecule has 12 heteroatoms. The summed E-state index contributed by atoms with van der Waals surface area (Å²) in [6.45, 7) is 0. The summed E-state index contributed by atoms with van der Waals surface area (Å²) in [5.74, 6) is -0.555. The monoisotopic (exact) mass is 484 g/mol. The summed E-state index contributed by atoms with van der Waals surface area (Å²) in [6.07, 6.45) is 2.26. The maximum Gasteiger partial charge on any atom is 0.343 e. The molecule has 0 radical (unpaired) electrons. The van der Waals surface area contributed by atoms with Gasteiger partial charge in [-0.2, -0.15) is 14.6 Å². The topological polar surface area (TPSA) is 148 Å². The predicted molar refractivity (Wildman–Crippen MR) is 120 cm³/mol. The number of aromatic nitrogens is 2. The first-order valence-corrected chi connectivity index (χ1v) is 11.8. The molecule has 2 aromatic carbocycles. The second kappa shape index (κ2) is 10.0. The largest absolute Gasteiger partial charge is 0.497 e. The molecule has 0 spiro atoms. The quantitative estimate of drug-likeness (QED) is 0.231. The van der Waals surface area contributed by atoms with Gasteiger partial charge in [0, 0.05) is 17.8 Å². The molecule has 1 N–H and O–H groups in total. The number of nitriles is 1. The van der Waals surface area contributed by atoms with Crippen molar-refractivity contribution in [2.75, 3.05) is 18.7 Å². The van der Waals surface area contributed by atoms with Crippen LogP contribution in [0.2, 0.25) is 0 Å². The van der Waals surface area contributed by atoms with Crippen LogP contribution in [0.1, 0.15) is 15.9 Å². The van der Waals surface area contributed by atoms with E-state index in [1.807, 2.05) is 0 Å². The number of esters is 1. The fraction of sp³-hybridized carbons (Fsp3) is 0.0952. The van der Waals surface area contributed by atoms with Crippen LogP contribution in [0, 0.1) is 11.3 Å². The molecule has 0 aliphatic heterocycles. The number of rotatable bonds is 7. The highest BCUT2D eigenvalue weighted by Crippen LogP contribution is 2.19. The average molecular weight is 485 g/mol. The zero-order valence-corrected chi connectivity index (χ0v) is 18.9. The van der Waals surface area contributed by atoms with Gasteiger partial charge in [-0.05, 0) is 42.0 Å². The predicted octanol–water partition coefficient (Wildman–Crippen LogP) is 2.72. The van der Waals surface area contributed by atoms with Crippen molar-refractivity contribution in [2.24, 2.45) is 0 Å². The fourth-order valence-corrected chi connectivity index (χ4v) is 3.88. The van der Waals surface area contributed by atoms with Gasteiger partial charge in [-0.3, -0.25) is 10.1 Å². The highest BCUT2D eigenvalue weighted by molar-refractivity contribution is 7.90. The summed E-state index contributed by atoms with van der Waals surface area (Å²) >= 11 is 0.682. The normalized spacial score (nSPS) is 11.4. The van der Waals surface area contributed by atoms with Crippen LogP contribution in [0.3, 0.4) is 0 Å². The Bertz CT molecular complexity index is 1370. The van der Waals surface area contributed by atoms with E-state index in [-0.39, 0.29) is 16.5 Å². The Morgan fingerprint density at radius 1 is 1.15 bits per heavy atom. The molecule has 10 nitrogen and oxygen atoms in total. The highest BCUT2D eigenvalue weighted by atomic mass is 32.2. The van der Waals surface area contributed by atoms with Crippen molar-refractivity contribution in [1.82, 2.24) is 9.36 Å². The Balaban J connectivity index is 1.69. The maximum absolute atomic E-state index is 12.3. The first kappa shape index (κ1) is 23.6.